The van der Waals surface area contributed by atoms with Crippen LogP contribution in [0.3, 0.4) is 0 Å². The second-order valence-electron chi connectivity index (χ2n) is 7.71. The minimum atomic E-state index is -3.28. The molecule has 1 saturated heterocycles. The highest BCUT2D eigenvalue weighted by Crippen LogP contribution is 2.30. The zero-order valence-corrected chi connectivity index (χ0v) is 16.5. The fraction of sp³-hybridized carbons (Fsp3) is 0.550. The van der Waals surface area contributed by atoms with Crippen molar-refractivity contribution in [3.05, 3.63) is 35.7 Å². The summed E-state index contributed by atoms with van der Waals surface area (Å²) in [6, 6.07) is 6.38. The lowest BCUT2D eigenvalue weighted by Gasteiger charge is -2.31. The molecule has 1 saturated carbocycles. The van der Waals surface area contributed by atoms with Crippen molar-refractivity contribution in [3.63, 3.8) is 0 Å². The van der Waals surface area contributed by atoms with E-state index in [1.807, 2.05) is 24.5 Å². The third kappa shape index (κ3) is 4.71. The Balaban J connectivity index is 1.52. The van der Waals surface area contributed by atoms with Crippen molar-refractivity contribution in [2.45, 2.75) is 36.6 Å². The molecule has 2 heterocycles. The molecule has 27 heavy (non-hydrogen) atoms. The summed E-state index contributed by atoms with van der Waals surface area (Å²) < 4.78 is 29.9. The molecule has 4 rings (SSSR count). The first-order valence-electron chi connectivity index (χ1n) is 9.63. The van der Waals surface area contributed by atoms with Gasteiger partial charge in [0.2, 0.25) is 0 Å². The van der Waals surface area contributed by atoms with Crippen LogP contribution >= 0.6 is 0 Å². The van der Waals surface area contributed by atoms with Gasteiger partial charge in [-0.25, -0.2) is 8.42 Å². The van der Waals surface area contributed by atoms with Crippen molar-refractivity contribution in [2.75, 3.05) is 37.5 Å². The van der Waals surface area contributed by atoms with Crippen molar-refractivity contribution in [3.8, 4) is 0 Å². The molecule has 0 amide bonds. The van der Waals surface area contributed by atoms with Gasteiger partial charge in [0, 0.05) is 49.4 Å². The van der Waals surface area contributed by atoms with Crippen LogP contribution < -0.4 is 10.2 Å². The van der Waals surface area contributed by atoms with Crippen LogP contribution in [-0.2, 0) is 21.0 Å². The monoisotopic (exact) mass is 389 g/mol. The molecule has 1 aromatic carbocycles. The number of ether oxygens (including phenoxy) is 1. The Bertz CT molecular complexity index is 853. The summed E-state index contributed by atoms with van der Waals surface area (Å²) in [6.45, 7) is 2.69. The molecule has 1 atom stereocenters. The van der Waals surface area contributed by atoms with Crippen LogP contribution in [0.25, 0.3) is 0 Å². The maximum Gasteiger partial charge on any atom is 0.177 e. The lowest BCUT2D eigenvalue weighted by atomic mass is 9.94. The van der Waals surface area contributed by atoms with E-state index in [4.69, 9.17) is 4.74 Å². The second kappa shape index (κ2) is 7.64. The van der Waals surface area contributed by atoms with Gasteiger partial charge in [-0.3, -0.25) is 4.99 Å². The molecule has 1 aliphatic carbocycles. The van der Waals surface area contributed by atoms with Gasteiger partial charge in [-0.15, -0.1) is 0 Å². The predicted molar refractivity (Wildman–Crippen MR) is 107 cm³/mol. The Morgan fingerprint density at radius 2 is 2.04 bits per heavy atom. The average Bonchev–Trinajstić information content (AvgIpc) is 3.46. The summed E-state index contributed by atoms with van der Waals surface area (Å²) in [5.41, 5.74) is 3.16. The molecule has 2 aliphatic heterocycles. The Labute approximate surface area is 161 Å². The molecule has 0 spiro atoms. The number of benzene rings is 1. The number of hydrogen-bond acceptors (Lipinski definition) is 6. The van der Waals surface area contributed by atoms with E-state index >= 15 is 0 Å². The highest BCUT2D eigenvalue weighted by Gasteiger charge is 2.25. The van der Waals surface area contributed by atoms with Crippen molar-refractivity contribution in [2.24, 2.45) is 10.9 Å². The molecule has 3 aliphatic rings. The number of anilines is 1. The fourth-order valence-electron chi connectivity index (χ4n) is 3.71. The van der Waals surface area contributed by atoms with E-state index in [0.29, 0.717) is 30.1 Å². The number of sulfone groups is 1. The van der Waals surface area contributed by atoms with Crippen LogP contribution in [-0.4, -0.2) is 53.2 Å². The van der Waals surface area contributed by atoms with Crippen molar-refractivity contribution < 1.29 is 13.2 Å². The molecule has 2 fully saturated rings. The van der Waals surface area contributed by atoms with Crippen LogP contribution in [0.15, 0.2) is 40.0 Å². The highest BCUT2D eigenvalue weighted by molar-refractivity contribution is 7.90. The summed E-state index contributed by atoms with van der Waals surface area (Å²) in [6.07, 6.45) is 9.54. The second-order valence-corrected chi connectivity index (χ2v) is 9.70. The molecule has 6 nitrogen and oxygen atoms in total. The van der Waals surface area contributed by atoms with Gasteiger partial charge >= 0.3 is 0 Å². The topological polar surface area (TPSA) is 71.0 Å². The summed E-state index contributed by atoms with van der Waals surface area (Å²) in [5.74, 6) is 0.331. The van der Waals surface area contributed by atoms with Crippen molar-refractivity contribution in [1.29, 1.82) is 0 Å². The van der Waals surface area contributed by atoms with Gasteiger partial charge in [-0.2, -0.15) is 0 Å². The number of hydrogen-bond donors (Lipinski definition) is 1. The van der Waals surface area contributed by atoms with E-state index in [0.717, 1.165) is 37.2 Å². The third-order valence-electron chi connectivity index (χ3n) is 5.25. The molecule has 0 bridgehead atoms. The first-order chi connectivity index (χ1) is 13.0. The molecule has 146 valence electrons. The number of allylic oxidation sites excluding steroid dienone is 1. The number of nitrogens with zero attached hydrogens (tertiary/aromatic N) is 2. The van der Waals surface area contributed by atoms with Crippen molar-refractivity contribution in [1.82, 2.24) is 5.32 Å². The average molecular weight is 390 g/mol. The van der Waals surface area contributed by atoms with E-state index < -0.39 is 9.84 Å². The molecule has 1 aromatic rings. The number of aliphatic imine (C=N–C) groups is 1. The van der Waals surface area contributed by atoms with E-state index in [1.165, 1.54) is 24.8 Å². The minimum Gasteiger partial charge on any atom is -0.384 e. The van der Waals surface area contributed by atoms with E-state index in [2.05, 4.69) is 15.2 Å². The fourth-order valence-corrected chi connectivity index (χ4v) is 4.59. The quantitative estimate of drug-likeness (QED) is 0.807. The van der Waals surface area contributed by atoms with Crippen LogP contribution in [0.5, 0.6) is 0 Å². The van der Waals surface area contributed by atoms with Crippen molar-refractivity contribution >= 4 is 21.7 Å². The lowest BCUT2D eigenvalue weighted by molar-refractivity contribution is 0.122. The molecular formula is C20H27N3O3S. The summed E-state index contributed by atoms with van der Waals surface area (Å²) in [5, 5.41) is 3.55. The van der Waals surface area contributed by atoms with Gasteiger partial charge in [-0.1, -0.05) is 6.07 Å². The first kappa shape index (κ1) is 18.5. The van der Waals surface area contributed by atoms with Gasteiger partial charge in [-0.05, 0) is 43.4 Å². The maximum atomic E-state index is 12.3. The summed E-state index contributed by atoms with van der Waals surface area (Å²) >= 11 is 0. The Hall–Kier alpha value is -1.86. The Kier molecular flexibility index (Phi) is 5.23. The number of rotatable bonds is 6. The van der Waals surface area contributed by atoms with Crippen LogP contribution in [0.2, 0.25) is 0 Å². The number of nitrogens with one attached hydrogen (secondary N) is 1. The highest BCUT2D eigenvalue weighted by atomic mass is 32.2. The van der Waals surface area contributed by atoms with Gasteiger partial charge in [0.1, 0.15) is 0 Å². The van der Waals surface area contributed by atoms with Gasteiger partial charge < -0.3 is 15.0 Å². The smallest absolute Gasteiger partial charge is 0.177 e. The normalized spacial score (nSPS) is 23.2. The molecule has 1 N–H and O–H groups in total. The Morgan fingerprint density at radius 3 is 2.74 bits per heavy atom. The van der Waals surface area contributed by atoms with Gasteiger partial charge in [0.15, 0.2) is 9.84 Å². The van der Waals surface area contributed by atoms with E-state index in [1.54, 1.807) is 6.07 Å². The minimum absolute atomic E-state index is 0.331. The summed E-state index contributed by atoms with van der Waals surface area (Å²) in [4.78, 5) is 6.94. The standard InChI is InChI=1S/C20H27N3O3S/c1-27(24,25)20-5-2-15(12-19(20)23-6-8-26-9-7-23)10-16-11-18(14-21-13-16)22-17-3-4-17/h2,5,12-14,16-17,22H,3-4,6-11H2,1H3. The molecule has 1 unspecified atom stereocenters. The zero-order chi connectivity index (χ0) is 18.9. The SMILES string of the molecule is CS(=O)(=O)c1ccc(CC2C=NC=C(NC3CC3)C2)cc1N1CCOCC1. The largest absolute Gasteiger partial charge is 0.384 e. The Morgan fingerprint density at radius 1 is 1.26 bits per heavy atom. The molecule has 0 radical (unpaired) electrons. The zero-order valence-electron chi connectivity index (χ0n) is 15.7. The third-order valence-corrected chi connectivity index (χ3v) is 6.39. The van der Waals surface area contributed by atoms with Crippen LogP contribution in [0.1, 0.15) is 24.8 Å². The lowest BCUT2D eigenvalue weighted by Crippen LogP contribution is -2.37. The first-order valence-corrected chi connectivity index (χ1v) is 11.5. The number of morpholine rings is 1. The van der Waals surface area contributed by atoms with Gasteiger partial charge in [0.05, 0.1) is 23.8 Å². The predicted octanol–water partition coefficient (Wildman–Crippen LogP) is 2.15. The van der Waals surface area contributed by atoms with E-state index in [9.17, 15) is 8.42 Å². The maximum absolute atomic E-state index is 12.3. The van der Waals surface area contributed by atoms with Gasteiger partial charge in [0.25, 0.3) is 0 Å². The molecule has 7 heteroatoms. The van der Waals surface area contributed by atoms with Crippen LogP contribution in [0, 0.1) is 5.92 Å². The van der Waals surface area contributed by atoms with Crippen LogP contribution in [0.4, 0.5) is 5.69 Å². The molecule has 0 aromatic heterocycles. The van der Waals surface area contributed by atoms with E-state index in [-0.39, 0.29) is 0 Å². The molecular weight excluding hydrogens is 362 g/mol. The summed E-state index contributed by atoms with van der Waals surface area (Å²) in [7, 11) is -3.28.